The summed E-state index contributed by atoms with van der Waals surface area (Å²) in [6.07, 6.45) is 0.682. The van der Waals surface area contributed by atoms with Gasteiger partial charge in [-0.05, 0) is 47.6 Å². The van der Waals surface area contributed by atoms with Crippen LogP contribution in [0.25, 0.3) is 0 Å². The molecule has 0 saturated carbocycles. The Bertz CT molecular complexity index is 571. The van der Waals surface area contributed by atoms with Gasteiger partial charge in [0.15, 0.2) is 0 Å². The molecule has 2 rings (SSSR count). The zero-order chi connectivity index (χ0) is 14.5. The van der Waals surface area contributed by atoms with E-state index in [4.69, 9.17) is 5.73 Å². The average molecular weight is 354 g/mol. The second kappa shape index (κ2) is 7.25. The van der Waals surface area contributed by atoms with Gasteiger partial charge >= 0.3 is 0 Å². The molecule has 1 atom stereocenters. The summed E-state index contributed by atoms with van der Waals surface area (Å²) in [5, 5.41) is 0. The van der Waals surface area contributed by atoms with Gasteiger partial charge < -0.3 is 5.73 Å². The van der Waals surface area contributed by atoms with Crippen LogP contribution < -0.4 is 5.73 Å². The second-order valence-electron chi connectivity index (χ2n) is 4.55. The van der Waals surface area contributed by atoms with Gasteiger partial charge in [-0.15, -0.1) is 11.8 Å². The first-order valence-electron chi connectivity index (χ1n) is 6.52. The van der Waals surface area contributed by atoms with Crippen molar-refractivity contribution in [1.29, 1.82) is 0 Å². The first-order chi connectivity index (χ1) is 9.60. The number of benzene rings is 2. The molecule has 0 bridgehead atoms. The van der Waals surface area contributed by atoms with E-state index < -0.39 is 0 Å². The van der Waals surface area contributed by atoms with Crippen LogP contribution in [0.4, 0.5) is 4.39 Å². The minimum absolute atomic E-state index is 0.0857. The Labute approximate surface area is 131 Å². The van der Waals surface area contributed by atoms with E-state index >= 15 is 0 Å². The van der Waals surface area contributed by atoms with Crippen LogP contribution >= 0.6 is 27.7 Å². The Morgan fingerprint density at radius 3 is 2.50 bits per heavy atom. The van der Waals surface area contributed by atoms with Crippen molar-refractivity contribution in [2.24, 2.45) is 5.73 Å². The summed E-state index contributed by atoms with van der Waals surface area (Å²) < 4.78 is 13.8. The van der Waals surface area contributed by atoms with Gasteiger partial charge in [0.1, 0.15) is 5.82 Å². The molecule has 20 heavy (non-hydrogen) atoms. The third-order valence-corrected chi connectivity index (χ3v) is 4.71. The summed E-state index contributed by atoms with van der Waals surface area (Å²) >= 11 is 5.20. The fraction of sp³-hybridized carbons (Fsp3) is 0.250. The number of halogens is 2. The maximum absolute atomic E-state index is 13.1. The van der Waals surface area contributed by atoms with Crippen molar-refractivity contribution < 1.29 is 4.39 Å². The summed E-state index contributed by atoms with van der Waals surface area (Å²) in [6, 6.07) is 13.0. The molecule has 0 spiro atoms. The van der Waals surface area contributed by atoms with Crippen LogP contribution in [0, 0.1) is 5.82 Å². The Balaban J connectivity index is 2.09. The largest absolute Gasteiger partial charge is 0.324 e. The van der Waals surface area contributed by atoms with Crippen LogP contribution in [0.15, 0.2) is 51.8 Å². The summed E-state index contributed by atoms with van der Waals surface area (Å²) in [7, 11) is 0. The van der Waals surface area contributed by atoms with Crippen LogP contribution in [0.1, 0.15) is 24.1 Å². The fourth-order valence-corrected chi connectivity index (χ4v) is 3.19. The summed E-state index contributed by atoms with van der Waals surface area (Å²) in [5.74, 6) is 0.823. The van der Waals surface area contributed by atoms with Crippen LogP contribution in [-0.2, 0) is 6.42 Å². The molecule has 0 aliphatic rings. The van der Waals surface area contributed by atoms with Crippen molar-refractivity contribution in [3.05, 3.63) is 63.9 Å². The Kier molecular flexibility index (Phi) is 5.64. The maximum Gasteiger partial charge on any atom is 0.124 e. The molecule has 2 N–H and O–H groups in total. The first-order valence-corrected chi connectivity index (χ1v) is 8.30. The van der Waals surface area contributed by atoms with E-state index in [0.29, 0.717) is 6.42 Å². The van der Waals surface area contributed by atoms with Gasteiger partial charge in [0.05, 0.1) is 0 Å². The molecule has 0 heterocycles. The van der Waals surface area contributed by atoms with Gasteiger partial charge in [0.25, 0.3) is 0 Å². The SMILES string of the molecule is CCSc1ccc(C(N)Cc2ccc(F)cc2Br)cc1. The van der Waals surface area contributed by atoms with Crippen LogP contribution in [0.3, 0.4) is 0 Å². The second-order valence-corrected chi connectivity index (χ2v) is 6.74. The third-order valence-electron chi connectivity index (χ3n) is 3.07. The zero-order valence-electron chi connectivity index (χ0n) is 11.3. The van der Waals surface area contributed by atoms with Gasteiger partial charge in [0.2, 0.25) is 0 Å². The third kappa shape index (κ3) is 4.08. The van der Waals surface area contributed by atoms with Gasteiger partial charge in [-0.1, -0.05) is 41.1 Å². The first kappa shape index (κ1) is 15.5. The zero-order valence-corrected chi connectivity index (χ0v) is 13.7. The number of hydrogen-bond donors (Lipinski definition) is 1. The van der Waals surface area contributed by atoms with Crippen molar-refractivity contribution in [1.82, 2.24) is 0 Å². The molecule has 0 aliphatic carbocycles. The van der Waals surface area contributed by atoms with Gasteiger partial charge in [-0.25, -0.2) is 4.39 Å². The predicted octanol–water partition coefficient (Wildman–Crippen LogP) is 4.94. The maximum atomic E-state index is 13.1. The van der Waals surface area contributed by atoms with Crippen molar-refractivity contribution in [3.63, 3.8) is 0 Å². The number of hydrogen-bond acceptors (Lipinski definition) is 2. The molecular formula is C16H17BrFNS. The van der Waals surface area contributed by atoms with Gasteiger partial charge in [0, 0.05) is 15.4 Å². The van der Waals surface area contributed by atoms with E-state index in [1.54, 1.807) is 6.07 Å². The van der Waals surface area contributed by atoms with Crippen molar-refractivity contribution in [2.75, 3.05) is 5.75 Å². The minimum atomic E-state index is -0.241. The molecule has 0 radical (unpaired) electrons. The predicted molar refractivity (Wildman–Crippen MR) is 87.6 cm³/mol. The highest BCUT2D eigenvalue weighted by molar-refractivity contribution is 9.10. The lowest BCUT2D eigenvalue weighted by atomic mass is 10.00. The lowest BCUT2D eigenvalue weighted by Crippen LogP contribution is -2.13. The number of thioether (sulfide) groups is 1. The summed E-state index contributed by atoms with van der Waals surface area (Å²) in [6.45, 7) is 2.14. The number of rotatable bonds is 5. The standard InChI is InChI=1S/C16H17BrFNS/c1-2-20-14-7-4-11(5-8-14)16(19)9-12-3-6-13(18)10-15(12)17/h3-8,10,16H,2,9,19H2,1H3. The Morgan fingerprint density at radius 2 is 1.90 bits per heavy atom. The normalized spacial score (nSPS) is 12.4. The van der Waals surface area contributed by atoms with E-state index in [9.17, 15) is 4.39 Å². The molecule has 0 saturated heterocycles. The quantitative estimate of drug-likeness (QED) is 0.770. The number of nitrogens with two attached hydrogens (primary N) is 1. The summed E-state index contributed by atoms with van der Waals surface area (Å²) in [4.78, 5) is 1.26. The molecule has 106 valence electrons. The lowest BCUT2D eigenvalue weighted by molar-refractivity contribution is 0.624. The molecule has 0 aromatic heterocycles. The molecule has 4 heteroatoms. The molecule has 2 aromatic rings. The van der Waals surface area contributed by atoms with E-state index in [1.807, 2.05) is 11.8 Å². The topological polar surface area (TPSA) is 26.0 Å². The molecular weight excluding hydrogens is 337 g/mol. The minimum Gasteiger partial charge on any atom is -0.324 e. The molecule has 1 unspecified atom stereocenters. The lowest BCUT2D eigenvalue weighted by Gasteiger charge is -2.14. The molecule has 0 amide bonds. The summed E-state index contributed by atoms with van der Waals surface area (Å²) in [5.41, 5.74) is 8.35. The van der Waals surface area contributed by atoms with Gasteiger partial charge in [-0.2, -0.15) is 0 Å². The van der Waals surface area contributed by atoms with Crippen LogP contribution in [0.5, 0.6) is 0 Å². The molecule has 0 fully saturated rings. The van der Waals surface area contributed by atoms with E-state index in [1.165, 1.54) is 17.0 Å². The molecule has 2 aromatic carbocycles. The van der Waals surface area contributed by atoms with Crippen molar-refractivity contribution in [2.45, 2.75) is 24.3 Å². The Morgan fingerprint density at radius 1 is 1.20 bits per heavy atom. The smallest absolute Gasteiger partial charge is 0.124 e. The van der Waals surface area contributed by atoms with E-state index in [0.717, 1.165) is 21.4 Å². The van der Waals surface area contributed by atoms with Crippen molar-refractivity contribution >= 4 is 27.7 Å². The van der Waals surface area contributed by atoms with E-state index in [-0.39, 0.29) is 11.9 Å². The molecule has 1 nitrogen and oxygen atoms in total. The monoisotopic (exact) mass is 353 g/mol. The van der Waals surface area contributed by atoms with Crippen LogP contribution in [0.2, 0.25) is 0 Å². The molecule has 0 aliphatic heterocycles. The van der Waals surface area contributed by atoms with Crippen molar-refractivity contribution in [3.8, 4) is 0 Å². The highest BCUT2D eigenvalue weighted by atomic mass is 79.9. The highest BCUT2D eigenvalue weighted by Crippen LogP contribution is 2.25. The Hall–Kier alpha value is -0.840. The fourth-order valence-electron chi connectivity index (χ4n) is 2.02. The van der Waals surface area contributed by atoms with Gasteiger partial charge in [-0.3, -0.25) is 0 Å². The highest BCUT2D eigenvalue weighted by Gasteiger charge is 2.10. The average Bonchev–Trinajstić information content (AvgIpc) is 2.43. The van der Waals surface area contributed by atoms with Crippen LogP contribution in [-0.4, -0.2) is 5.75 Å². The van der Waals surface area contributed by atoms with E-state index in [2.05, 4.69) is 47.1 Å².